The van der Waals surface area contributed by atoms with Crippen molar-refractivity contribution in [3.05, 3.63) is 24.3 Å². The molecule has 0 aromatic rings. The van der Waals surface area contributed by atoms with Gasteiger partial charge < -0.3 is 20.1 Å². The second-order valence-electron chi connectivity index (χ2n) is 17.4. The van der Waals surface area contributed by atoms with E-state index in [4.69, 9.17) is 24.3 Å². The molecule has 0 aliphatic rings. The third-order valence-electron chi connectivity index (χ3n) is 11.4. The van der Waals surface area contributed by atoms with Crippen LogP contribution in [0, 0.1) is 0 Å². The summed E-state index contributed by atoms with van der Waals surface area (Å²) in [6.07, 6.45) is 56.4. The third-order valence-corrected chi connectivity index (χ3v) is 12.4. The summed E-state index contributed by atoms with van der Waals surface area (Å²) in [6, 6.07) is 0. The Morgan fingerprint density at radius 3 is 1.30 bits per heavy atom. The van der Waals surface area contributed by atoms with Crippen molar-refractivity contribution in [2.75, 3.05) is 33.0 Å². The summed E-state index contributed by atoms with van der Waals surface area (Å²) in [4.78, 5) is 22.6. The van der Waals surface area contributed by atoms with Crippen molar-refractivity contribution in [1.29, 1.82) is 0 Å². The fourth-order valence-electron chi connectivity index (χ4n) is 7.56. The van der Waals surface area contributed by atoms with E-state index in [9.17, 15) is 14.3 Å². The van der Waals surface area contributed by atoms with Crippen LogP contribution in [0.5, 0.6) is 0 Å². The molecule has 0 aliphatic heterocycles. The lowest BCUT2D eigenvalue weighted by molar-refractivity contribution is -0.154. The average molecular weight is 870 g/mol. The van der Waals surface area contributed by atoms with Crippen molar-refractivity contribution in [3.63, 3.8) is 0 Å². The standard InChI is InChI=1S/C51H100NO7P/c1-3-5-7-9-11-13-15-17-19-21-22-23-24-25-26-27-29-31-33-35-37-39-41-43-46-56-48-50(49-58-60(54,55)57-47-45-52)59-51(53)44-42-40-38-36-34-32-30-28-20-18-16-14-12-10-8-6-4-2/h15,17,21-22,50H,3-14,16,18-20,23-49,52H2,1-2H3,(H,54,55)/b17-15-,22-21-. The van der Waals surface area contributed by atoms with Gasteiger partial charge in [-0.2, -0.15) is 0 Å². The highest BCUT2D eigenvalue weighted by Gasteiger charge is 2.25. The van der Waals surface area contributed by atoms with Crippen LogP contribution in [0.1, 0.15) is 258 Å². The summed E-state index contributed by atoms with van der Waals surface area (Å²) in [7, 11) is -4.28. The summed E-state index contributed by atoms with van der Waals surface area (Å²) in [5, 5.41) is 0. The van der Waals surface area contributed by atoms with Crippen LogP contribution in [0.2, 0.25) is 0 Å². The Labute approximate surface area is 372 Å². The highest BCUT2D eigenvalue weighted by atomic mass is 31.2. The Hall–Kier alpha value is -1.02. The van der Waals surface area contributed by atoms with E-state index in [2.05, 4.69) is 38.2 Å². The molecule has 60 heavy (non-hydrogen) atoms. The first-order valence-electron chi connectivity index (χ1n) is 25.8. The normalized spacial score (nSPS) is 13.5. The van der Waals surface area contributed by atoms with Gasteiger partial charge >= 0.3 is 13.8 Å². The van der Waals surface area contributed by atoms with E-state index >= 15 is 0 Å². The number of esters is 1. The van der Waals surface area contributed by atoms with Gasteiger partial charge in [-0.3, -0.25) is 13.8 Å². The number of ether oxygens (including phenoxy) is 2. The van der Waals surface area contributed by atoms with Crippen LogP contribution >= 0.6 is 7.82 Å². The predicted octanol–water partition coefficient (Wildman–Crippen LogP) is 16.0. The highest BCUT2D eigenvalue weighted by molar-refractivity contribution is 7.47. The largest absolute Gasteiger partial charge is 0.472 e. The minimum atomic E-state index is -4.28. The van der Waals surface area contributed by atoms with E-state index in [-0.39, 0.29) is 32.3 Å². The van der Waals surface area contributed by atoms with Crippen molar-refractivity contribution < 1.29 is 32.8 Å². The maximum Gasteiger partial charge on any atom is 0.472 e. The Morgan fingerprint density at radius 1 is 0.500 bits per heavy atom. The van der Waals surface area contributed by atoms with Crippen LogP contribution in [-0.2, 0) is 27.9 Å². The molecule has 0 aromatic carbocycles. The zero-order chi connectivity index (χ0) is 43.7. The van der Waals surface area contributed by atoms with E-state index < -0.39 is 13.9 Å². The summed E-state index contributed by atoms with van der Waals surface area (Å²) in [5.41, 5.74) is 5.39. The lowest BCUT2D eigenvalue weighted by Crippen LogP contribution is -2.28. The second kappa shape index (κ2) is 49.0. The second-order valence-corrected chi connectivity index (χ2v) is 18.8. The van der Waals surface area contributed by atoms with Crippen molar-refractivity contribution in [1.82, 2.24) is 0 Å². The predicted molar refractivity (Wildman–Crippen MR) is 257 cm³/mol. The van der Waals surface area contributed by atoms with E-state index in [0.29, 0.717) is 13.0 Å². The van der Waals surface area contributed by atoms with Gasteiger partial charge in [-0.05, 0) is 44.9 Å². The fourth-order valence-corrected chi connectivity index (χ4v) is 8.32. The van der Waals surface area contributed by atoms with Gasteiger partial charge in [-0.1, -0.05) is 231 Å². The Morgan fingerprint density at radius 2 is 0.883 bits per heavy atom. The molecule has 0 amide bonds. The number of rotatable bonds is 50. The molecule has 2 unspecified atom stereocenters. The lowest BCUT2D eigenvalue weighted by atomic mass is 10.0. The van der Waals surface area contributed by atoms with Crippen LogP contribution in [0.15, 0.2) is 24.3 Å². The Balaban J connectivity index is 3.89. The summed E-state index contributed by atoms with van der Waals surface area (Å²) < 4.78 is 33.6. The van der Waals surface area contributed by atoms with E-state index in [1.807, 2.05) is 0 Å². The molecule has 0 bridgehead atoms. The molecule has 0 aromatic heterocycles. The highest BCUT2D eigenvalue weighted by Crippen LogP contribution is 2.43. The minimum absolute atomic E-state index is 0.0929. The smallest absolute Gasteiger partial charge is 0.457 e. The Kier molecular flexibility index (Phi) is 48.2. The molecule has 2 atom stereocenters. The van der Waals surface area contributed by atoms with Gasteiger partial charge in [-0.15, -0.1) is 0 Å². The quantitative estimate of drug-likeness (QED) is 0.0269. The van der Waals surface area contributed by atoms with Crippen molar-refractivity contribution in [2.45, 2.75) is 264 Å². The average Bonchev–Trinajstić information content (AvgIpc) is 3.24. The maximum atomic E-state index is 12.6. The minimum Gasteiger partial charge on any atom is -0.457 e. The molecule has 356 valence electrons. The number of unbranched alkanes of at least 4 members (excludes halogenated alkanes) is 33. The Bertz CT molecular complexity index is 977. The molecule has 0 fully saturated rings. The molecule has 0 aliphatic carbocycles. The van der Waals surface area contributed by atoms with Gasteiger partial charge in [0.15, 0.2) is 0 Å². The SMILES string of the molecule is CCCCCCC/C=C\C/C=C\CCCCCCCCCCCCCCOCC(COP(=O)(O)OCCN)OC(=O)CCCCCCCCCCCCCCCCCCC. The zero-order valence-electron chi connectivity index (χ0n) is 39.7. The van der Waals surface area contributed by atoms with Gasteiger partial charge in [0.2, 0.25) is 0 Å². The van der Waals surface area contributed by atoms with Crippen LogP contribution < -0.4 is 5.73 Å². The number of carbonyl (C=O) groups is 1. The van der Waals surface area contributed by atoms with Crippen LogP contribution in [0.25, 0.3) is 0 Å². The fraction of sp³-hybridized carbons (Fsp3) is 0.902. The molecule has 0 saturated carbocycles. The first-order chi connectivity index (χ1) is 29.4. The molecule has 0 heterocycles. The number of hydrogen-bond acceptors (Lipinski definition) is 7. The number of hydrogen-bond donors (Lipinski definition) is 2. The number of phosphoric ester groups is 1. The molecule has 8 nitrogen and oxygen atoms in total. The molecule has 0 spiro atoms. The zero-order valence-corrected chi connectivity index (χ0v) is 40.6. The summed E-state index contributed by atoms with van der Waals surface area (Å²) in [6.45, 7) is 4.97. The first-order valence-corrected chi connectivity index (χ1v) is 27.3. The van der Waals surface area contributed by atoms with E-state index in [0.717, 1.165) is 38.5 Å². The van der Waals surface area contributed by atoms with Gasteiger partial charge in [0.1, 0.15) is 6.10 Å². The first kappa shape index (κ1) is 59.0. The van der Waals surface area contributed by atoms with Gasteiger partial charge in [0.05, 0.1) is 19.8 Å². The number of phosphoric acid groups is 1. The summed E-state index contributed by atoms with van der Waals surface area (Å²) in [5.74, 6) is -0.325. The van der Waals surface area contributed by atoms with Crippen LogP contribution in [-0.4, -0.2) is 49.9 Å². The van der Waals surface area contributed by atoms with Crippen LogP contribution in [0.3, 0.4) is 0 Å². The summed E-state index contributed by atoms with van der Waals surface area (Å²) >= 11 is 0. The third kappa shape index (κ3) is 48.0. The molecular formula is C51H100NO7P. The number of carbonyl (C=O) groups excluding carboxylic acids is 1. The van der Waals surface area contributed by atoms with Gasteiger partial charge in [0.25, 0.3) is 0 Å². The van der Waals surface area contributed by atoms with Gasteiger partial charge in [-0.25, -0.2) is 4.57 Å². The molecule has 0 rings (SSSR count). The number of allylic oxidation sites excluding steroid dienone is 4. The van der Waals surface area contributed by atoms with Crippen molar-refractivity contribution >= 4 is 13.8 Å². The van der Waals surface area contributed by atoms with E-state index in [1.165, 1.54) is 199 Å². The van der Waals surface area contributed by atoms with Crippen molar-refractivity contribution in [3.8, 4) is 0 Å². The van der Waals surface area contributed by atoms with Crippen LogP contribution in [0.4, 0.5) is 0 Å². The van der Waals surface area contributed by atoms with E-state index in [1.54, 1.807) is 0 Å². The molecule has 0 radical (unpaired) electrons. The maximum absolute atomic E-state index is 12.6. The monoisotopic (exact) mass is 870 g/mol. The lowest BCUT2D eigenvalue weighted by Gasteiger charge is -2.20. The molecule has 0 saturated heterocycles. The molecule has 9 heteroatoms. The molecule has 3 N–H and O–H groups in total. The van der Waals surface area contributed by atoms with Gasteiger partial charge in [0, 0.05) is 19.6 Å². The topological polar surface area (TPSA) is 117 Å². The van der Waals surface area contributed by atoms with Crippen molar-refractivity contribution in [2.24, 2.45) is 5.73 Å². The molecular weight excluding hydrogens is 770 g/mol. The number of nitrogens with two attached hydrogens (primary N) is 1.